The van der Waals surface area contributed by atoms with Gasteiger partial charge in [-0.05, 0) is 74.6 Å². The highest BCUT2D eigenvalue weighted by Gasteiger charge is 2.35. The number of nitrogens with zero attached hydrogens (tertiary/aromatic N) is 2. The number of hydrogen-bond donors (Lipinski definition) is 0. The topological polar surface area (TPSA) is 88.4 Å². The highest BCUT2D eigenvalue weighted by atomic mass is 32.1. The Morgan fingerprint density at radius 2 is 1.80 bits per heavy atom. The van der Waals surface area contributed by atoms with Crippen LogP contribution < -0.4 is 24.4 Å². The van der Waals surface area contributed by atoms with Crippen molar-refractivity contribution >= 4 is 23.4 Å². The van der Waals surface area contributed by atoms with Crippen molar-refractivity contribution in [2.24, 2.45) is 4.99 Å². The predicted octanol–water partition coefficient (Wildman–Crippen LogP) is 4.65. The lowest BCUT2D eigenvalue weighted by atomic mass is 9.95. The van der Waals surface area contributed by atoms with Crippen LogP contribution in [0.15, 0.2) is 57.5 Å². The molecule has 0 aliphatic carbocycles. The van der Waals surface area contributed by atoms with Crippen molar-refractivity contribution in [3.05, 3.63) is 89.6 Å². The molecule has 2 aromatic carbocycles. The molecule has 41 heavy (non-hydrogen) atoms. The molecule has 1 aromatic heterocycles. The summed E-state index contributed by atoms with van der Waals surface area (Å²) >= 11 is 1.30. The summed E-state index contributed by atoms with van der Waals surface area (Å²) in [7, 11) is 3.21. The Bertz CT molecular complexity index is 1650. The summed E-state index contributed by atoms with van der Waals surface area (Å²) in [5.41, 5.74) is 4.21. The average Bonchev–Trinajstić information content (AvgIpc) is 3.22. The molecule has 3 aromatic rings. The Labute approximate surface area is 244 Å². The molecule has 0 saturated carbocycles. The van der Waals surface area contributed by atoms with Crippen LogP contribution in [-0.2, 0) is 14.3 Å². The number of esters is 1. The molecule has 0 radical (unpaired) electrons. The number of benzene rings is 2. The normalized spacial score (nSPS) is 15.3. The second-order valence-corrected chi connectivity index (χ2v) is 11.5. The first kappa shape index (κ1) is 30.3. The lowest BCUT2D eigenvalue weighted by Gasteiger charge is -2.27. The second-order valence-electron chi connectivity index (χ2n) is 10.5. The molecule has 0 bridgehead atoms. The Hall–Kier alpha value is -3.69. The standard InChI is InChI=1S/C32H38N2O6S/c1-18(2)24-16-22(20(5)15-26(24)38-8)17-27-30(35)34-29(23-11-9-10-12-25(23)40-19(3)4)28(21(6)33-32(34)41-27)31(36)39-14-13-37-7/h9-12,15-19,29H,13-14H2,1-8H3/b27-17+/t29-/m0/s1. The minimum absolute atomic E-state index is 0.0856. The van der Waals surface area contributed by atoms with Gasteiger partial charge in [-0.3, -0.25) is 9.36 Å². The van der Waals surface area contributed by atoms with Crippen LogP contribution in [-0.4, -0.2) is 44.1 Å². The second kappa shape index (κ2) is 12.9. The van der Waals surface area contributed by atoms with Crippen LogP contribution in [0.1, 0.15) is 68.8 Å². The van der Waals surface area contributed by atoms with E-state index in [0.717, 1.165) is 22.4 Å². The minimum atomic E-state index is -0.776. The maximum atomic E-state index is 14.1. The van der Waals surface area contributed by atoms with Gasteiger partial charge in [0.2, 0.25) is 0 Å². The van der Waals surface area contributed by atoms with E-state index >= 15 is 0 Å². The van der Waals surface area contributed by atoms with E-state index in [1.165, 1.54) is 11.3 Å². The van der Waals surface area contributed by atoms with Crippen molar-refractivity contribution in [3.63, 3.8) is 0 Å². The SMILES string of the molecule is COCCOC(=O)C1=C(C)N=c2s/c(=C/c3cc(C(C)C)c(OC)cc3C)c(=O)n2[C@H]1c1ccccc1OC(C)C. The number of rotatable bonds is 10. The van der Waals surface area contributed by atoms with Gasteiger partial charge in [0.15, 0.2) is 4.80 Å². The summed E-state index contributed by atoms with van der Waals surface area (Å²) in [5, 5.41) is 0. The van der Waals surface area contributed by atoms with Gasteiger partial charge in [-0.2, -0.15) is 0 Å². The van der Waals surface area contributed by atoms with E-state index in [0.29, 0.717) is 31.9 Å². The van der Waals surface area contributed by atoms with Crippen LogP contribution >= 0.6 is 11.3 Å². The number of allylic oxidation sites excluding steroid dienone is 1. The van der Waals surface area contributed by atoms with Crippen LogP contribution in [0.5, 0.6) is 11.5 Å². The van der Waals surface area contributed by atoms with E-state index in [4.69, 9.17) is 23.9 Å². The molecule has 0 spiro atoms. The average molecular weight is 579 g/mol. The Balaban J connectivity index is 1.95. The number of fused-ring (bicyclic) bond motifs is 1. The van der Waals surface area contributed by atoms with Gasteiger partial charge in [0.1, 0.15) is 24.1 Å². The number of aromatic nitrogens is 1. The third kappa shape index (κ3) is 6.31. The zero-order valence-electron chi connectivity index (χ0n) is 24.9. The maximum Gasteiger partial charge on any atom is 0.338 e. The lowest BCUT2D eigenvalue weighted by molar-refractivity contribution is -0.140. The number of para-hydroxylation sites is 1. The van der Waals surface area contributed by atoms with E-state index in [2.05, 4.69) is 19.9 Å². The molecule has 8 nitrogen and oxygen atoms in total. The van der Waals surface area contributed by atoms with Gasteiger partial charge in [-0.15, -0.1) is 0 Å². The largest absolute Gasteiger partial charge is 0.496 e. The number of carbonyl (C=O) groups is 1. The monoisotopic (exact) mass is 578 g/mol. The Kier molecular flexibility index (Phi) is 9.50. The number of hydrogen-bond acceptors (Lipinski definition) is 8. The molecule has 218 valence electrons. The smallest absolute Gasteiger partial charge is 0.338 e. The number of aryl methyl sites for hydroxylation is 1. The fourth-order valence-electron chi connectivity index (χ4n) is 4.88. The molecule has 4 rings (SSSR count). The van der Waals surface area contributed by atoms with Crippen molar-refractivity contribution in [2.45, 2.75) is 59.6 Å². The van der Waals surface area contributed by atoms with Gasteiger partial charge in [0, 0.05) is 12.7 Å². The van der Waals surface area contributed by atoms with Crippen LogP contribution in [0.25, 0.3) is 6.08 Å². The minimum Gasteiger partial charge on any atom is -0.496 e. The van der Waals surface area contributed by atoms with Crippen LogP contribution in [0.2, 0.25) is 0 Å². The molecule has 2 heterocycles. The Morgan fingerprint density at radius 3 is 2.46 bits per heavy atom. The first-order valence-electron chi connectivity index (χ1n) is 13.7. The third-order valence-electron chi connectivity index (χ3n) is 6.87. The summed E-state index contributed by atoms with van der Waals surface area (Å²) in [4.78, 5) is 32.8. The molecule has 1 aliphatic heterocycles. The van der Waals surface area contributed by atoms with E-state index in [1.54, 1.807) is 25.7 Å². The van der Waals surface area contributed by atoms with Crippen molar-refractivity contribution in [2.75, 3.05) is 27.4 Å². The van der Waals surface area contributed by atoms with Crippen molar-refractivity contribution in [1.29, 1.82) is 0 Å². The van der Waals surface area contributed by atoms with E-state index < -0.39 is 12.0 Å². The molecular weight excluding hydrogens is 540 g/mol. The fraction of sp³-hybridized carbons (Fsp3) is 0.406. The summed E-state index contributed by atoms with van der Waals surface area (Å²) in [6.45, 7) is 12.2. The molecular formula is C32H38N2O6S. The van der Waals surface area contributed by atoms with Gasteiger partial charge in [-0.25, -0.2) is 9.79 Å². The molecule has 1 atom stereocenters. The quantitative estimate of drug-likeness (QED) is 0.257. The number of carbonyl (C=O) groups excluding carboxylic acids is 1. The molecule has 0 fully saturated rings. The molecule has 9 heteroatoms. The first-order chi connectivity index (χ1) is 19.6. The highest BCUT2D eigenvalue weighted by molar-refractivity contribution is 7.07. The summed E-state index contributed by atoms with van der Waals surface area (Å²) in [6, 6.07) is 10.8. The van der Waals surface area contributed by atoms with Gasteiger partial charge in [-0.1, -0.05) is 43.4 Å². The number of methoxy groups -OCH3 is 2. The van der Waals surface area contributed by atoms with E-state index in [1.807, 2.05) is 57.2 Å². The fourth-order valence-corrected chi connectivity index (χ4v) is 5.92. The van der Waals surface area contributed by atoms with E-state index in [9.17, 15) is 9.59 Å². The van der Waals surface area contributed by atoms with Crippen molar-refractivity contribution in [1.82, 2.24) is 4.57 Å². The van der Waals surface area contributed by atoms with E-state index in [-0.39, 0.29) is 30.8 Å². The molecule has 0 N–H and O–H groups in total. The van der Waals surface area contributed by atoms with Crippen LogP contribution in [0.3, 0.4) is 0 Å². The number of ether oxygens (including phenoxy) is 4. The number of thiazole rings is 1. The van der Waals surface area contributed by atoms with Crippen molar-refractivity contribution < 1.29 is 23.7 Å². The summed E-state index contributed by atoms with van der Waals surface area (Å²) < 4.78 is 24.4. The lowest BCUT2D eigenvalue weighted by Crippen LogP contribution is -2.40. The van der Waals surface area contributed by atoms with Gasteiger partial charge in [0.05, 0.1) is 35.6 Å². The molecule has 1 aliphatic rings. The van der Waals surface area contributed by atoms with Crippen LogP contribution in [0, 0.1) is 6.92 Å². The zero-order valence-corrected chi connectivity index (χ0v) is 25.8. The van der Waals surface area contributed by atoms with Crippen molar-refractivity contribution in [3.8, 4) is 11.5 Å². The van der Waals surface area contributed by atoms with Gasteiger partial charge >= 0.3 is 5.97 Å². The predicted molar refractivity (Wildman–Crippen MR) is 161 cm³/mol. The summed E-state index contributed by atoms with van der Waals surface area (Å²) in [5.74, 6) is 1.11. The van der Waals surface area contributed by atoms with Crippen LogP contribution in [0.4, 0.5) is 0 Å². The first-order valence-corrected chi connectivity index (χ1v) is 14.5. The zero-order chi connectivity index (χ0) is 29.8. The van der Waals surface area contributed by atoms with Gasteiger partial charge < -0.3 is 18.9 Å². The summed E-state index contributed by atoms with van der Waals surface area (Å²) in [6.07, 6.45) is 1.79. The molecule has 0 amide bonds. The maximum absolute atomic E-state index is 14.1. The van der Waals surface area contributed by atoms with Gasteiger partial charge in [0.25, 0.3) is 5.56 Å². The molecule has 0 unspecified atom stereocenters. The Morgan fingerprint density at radius 1 is 1.07 bits per heavy atom. The highest BCUT2D eigenvalue weighted by Crippen LogP contribution is 2.36. The molecule has 0 saturated heterocycles. The third-order valence-corrected chi connectivity index (χ3v) is 7.85.